The van der Waals surface area contributed by atoms with Gasteiger partial charge in [-0.15, -0.1) is 0 Å². The first kappa shape index (κ1) is 24.3. The van der Waals surface area contributed by atoms with E-state index in [0.717, 1.165) is 22.3 Å². The average molecular weight is 467 g/mol. The van der Waals surface area contributed by atoms with Gasteiger partial charge >= 0.3 is 0 Å². The molecule has 0 spiro atoms. The second-order valence-corrected chi connectivity index (χ2v) is 9.86. The largest absolute Gasteiger partial charge is 0.481 e. The Balaban J connectivity index is 1.67. The Morgan fingerprint density at radius 1 is 0.818 bits per heavy atom. The Morgan fingerprint density at radius 3 is 1.97 bits per heavy atom. The van der Waals surface area contributed by atoms with Crippen LogP contribution < -0.4 is 14.8 Å². The van der Waals surface area contributed by atoms with Crippen LogP contribution in [0.15, 0.2) is 65.6 Å². The summed E-state index contributed by atoms with van der Waals surface area (Å²) < 4.78 is 33.9. The van der Waals surface area contributed by atoms with E-state index >= 15 is 0 Å². The lowest BCUT2D eigenvalue weighted by molar-refractivity contribution is -0.122. The van der Waals surface area contributed by atoms with E-state index in [1.54, 1.807) is 24.3 Å². The van der Waals surface area contributed by atoms with Crippen molar-refractivity contribution in [3.8, 4) is 5.75 Å². The van der Waals surface area contributed by atoms with Gasteiger partial charge in [0, 0.05) is 11.4 Å². The molecule has 0 aliphatic rings. The second-order valence-electron chi connectivity index (χ2n) is 8.18. The highest BCUT2D eigenvalue weighted by Gasteiger charge is 2.20. The minimum atomic E-state index is -3.74. The number of anilines is 2. The molecule has 0 aromatic heterocycles. The normalized spacial score (nSPS) is 12.2. The molecule has 3 rings (SSSR count). The van der Waals surface area contributed by atoms with Crippen molar-refractivity contribution in [3.63, 3.8) is 0 Å². The van der Waals surface area contributed by atoms with E-state index in [4.69, 9.17) is 4.74 Å². The SMILES string of the molecule is CC[C@@H](Oc1ccc(C)c(C)c1)C(=O)Nc1ccc(S(=O)(=O)Nc2ccc(C)c(C)c2)cc1. The summed E-state index contributed by atoms with van der Waals surface area (Å²) in [7, 11) is -3.74. The second kappa shape index (κ2) is 10.1. The van der Waals surface area contributed by atoms with Gasteiger partial charge in [0.05, 0.1) is 4.90 Å². The Morgan fingerprint density at radius 2 is 1.39 bits per heavy atom. The summed E-state index contributed by atoms with van der Waals surface area (Å²) in [4.78, 5) is 12.8. The standard InChI is InChI=1S/C26H30N2O4S/c1-6-25(32-23-12-8-18(3)20(5)16-23)26(29)27-21-10-13-24(14-11-21)33(30,31)28-22-9-7-17(2)19(4)15-22/h7-16,25,28H,6H2,1-5H3,(H,27,29)/t25-/m1/s1. The van der Waals surface area contributed by atoms with E-state index in [-0.39, 0.29) is 10.8 Å². The quantitative estimate of drug-likeness (QED) is 0.458. The van der Waals surface area contributed by atoms with E-state index in [2.05, 4.69) is 10.0 Å². The third-order valence-electron chi connectivity index (χ3n) is 5.61. The van der Waals surface area contributed by atoms with Crippen molar-refractivity contribution >= 4 is 27.3 Å². The van der Waals surface area contributed by atoms with E-state index in [9.17, 15) is 13.2 Å². The number of carbonyl (C=O) groups is 1. The summed E-state index contributed by atoms with van der Waals surface area (Å²) in [6.07, 6.45) is -0.174. The molecule has 3 aromatic rings. The maximum Gasteiger partial charge on any atom is 0.265 e. The monoisotopic (exact) mass is 466 g/mol. The lowest BCUT2D eigenvalue weighted by Crippen LogP contribution is -2.32. The number of rotatable bonds is 8. The summed E-state index contributed by atoms with van der Waals surface area (Å²) in [6.45, 7) is 9.78. The molecular weight excluding hydrogens is 436 g/mol. The number of carbonyl (C=O) groups excluding carboxylic acids is 1. The average Bonchev–Trinajstić information content (AvgIpc) is 2.77. The number of hydrogen-bond acceptors (Lipinski definition) is 4. The maximum absolute atomic E-state index is 12.7. The van der Waals surface area contributed by atoms with Crippen LogP contribution in [0.3, 0.4) is 0 Å². The summed E-state index contributed by atoms with van der Waals surface area (Å²) in [5.74, 6) is 0.346. The van der Waals surface area contributed by atoms with E-state index < -0.39 is 16.1 Å². The fourth-order valence-electron chi connectivity index (χ4n) is 3.23. The first-order valence-electron chi connectivity index (χ1n) is 10.8. The van der Waals surface area contributed by atoms with Crippen LogP contribution >= 0.6 is 0 Å². The zero-order valence-corrected chi connectivity index (χ0v) is 20.4. The highest BCUT2D eigenvalue weighted by atomic mass is 32.2. The van der Waals surface area contributed by atoms with E-state index in [0.29, 0.717) is 23.5 Å². The van der Waals surface area contributed by atoms with Crippen molar-refractivity contribution < 1.29 is 17.9 Å². The molecule has 0 heterocycles. The van der Waals surface area contributed by atoms with Crippen molar-refractivity contribution in [1.82, 2.24) is 0 Å². The molecule has 1 amide bonds. The molecule has 0 aliphatic heterocycles. The van der Waals surface area contributed by atoms with E-state index in [1.165, 1.54) is 12.1 Å². The van der Waals surface area contributed by atoms with Gasteiger partial charge in [-0.2, -0.15) is 0 Å². The van der Waals surface area contributed by atoms with Gasteiger partial charge in [0.25, 0.3) is 15.9 Å². The molecule has 0 saturated heterocycles. The summed E-state index contributed by atoms with van der Waals surface area (Å²) in [6, 6.07) is 17.2. The predicted octanol–water partition coefficient (Wildman–Crippen LogP) is 5.52. The third-order valence-corrected chi connectivity index (χ3v) is 7.01. The van der Waals surface area contributed by atoms with Gasteiger partial charge in [0.1, 0.15) is 5.75 Å². The number of sulfonamides is 1. The van der Waals surface area contributed by atoms with Crippen LogP contribution in [-0.2, 0) is 14.8 Å². The molecule has 7 heteroatoms. The lowest BCUT2D eigenvalue weighted by atomic mass is 10.1. The first-order valence-corrected chi connectivity index (χ1v) is 12.3. The van der Waals surface area contributed by atoms with Crippen LogP contribution in [0.2, 0.25) is 0 Å². The van der Waals surface area contributed by atoms with Crippen molar-refractivity contribution in [1.29, 1.82) is 0 Å². The number of aryl methyl sites for hydroxylation is 4. The van der Waals surface area contributed by atoms with Gasteiger partial charge in [-0.05, 0) is 105 Å². The maximum atomic E-state index is 12.7. The minimum absolute atomic E-state index is 0.108. The Hall–Kier alpha value is -3.32. The van der Waals surface area contributed by atoms with Crippen LogP contribution in [0.5, 0.6) is 5.75 Å². The highest BCUT2D eigenvalue weighted by molar-refractivity contribution is 7.92. The van der Waals surface area contributed by atoms with Crippen LogP contribution in [0.25, 0.3) is 0 Å². The zero-order valence-electron chi connectivity index (χ0n) is 19.6. The number of nitrogens with one attached hydrogen (secondary N) is 2. The lowest BCUT2D eigenvalue weighted by Gasteiger charge is -2.18. The first-order chi connectivity index (χ1) is 15.6. The molecule has 0 fully saturated rings. The van der Waals surface area contributed by atoms with Gasteiger partial charge in [-0.1, -0.05) is 19.1 Å². The molecule has 174 valence electrons. The minimum Gasteiger partial charge on any atom is -0.481 e. The molecular formula is C26H30N2O4S. The smallest absolute Gasteiger partial charge is 0.265 e. The molecule has 0 saturated carbocycles. The van der Waals surface area contributed by atoms with Crippen LogP contribution in [-0.4, -0.2) is 20.4 Å². The Labute approximate surface area is 196 Å². The van der Waals surface area contributed by atoms with Crippen molar-refractivity contribution in [3.05, 3.63) is 82.9 Å². The number of ether oxygens (including phenoxy) is 1. The van der Waals surface area contributed by atoms with Crippen molar-refractivity contribution in [2.24, 2.45) is 0 Å². The topological polar surface area (TPSA) is 84.5 Å². The third kappa shape index (κ3) is 6.14. The zero-order chi connectivity index (χ0) is 24.2. The molecule has 33 heavy (non-hydrogen) atoms. The molecule has 2 N–H and O–H groups in total. The highest BCUT2D eigenvalue weighted by Crippen LogP contribution is 2.22. The summed E-state index contributed by atoms with van der Waals surface area (Å²) in [5, 5.41) is 2.80. The fourth-order valence-corrected chi connectivity index (χ4v) is 4.28. The van der Waals surface area contributed by atoms with Gasteiger partial charge in [0.2, 0.25) is 0 Å². The summed E-state index contributed by atoms with van der Waals surface area (Å²) in [5.41, 5.74) is 5.33. The van der Waals surface area contributed by atoms with Crippen molar-refractivity contribution in [2.75, 3.05) is 10.0 Å². The predicted molar refractivity (Wildman–Crippen MR) is 132 cm³/mol. The molecule has 1 atom stereocenters. The fraction of sp³-hybridized carbons (Fsp3) is 0.269. The molecule has 0 bridgehead atoms. The summed E-state index contributed by atoms with van der Waals surface area (Å²) >= 11 is 0. The molecule has 0 aliphatic carbocycles. The van der Waals surface area contributed by atoms with Crippen LogP contribution in [0.1, 0.15) is 35.6 Å². The Kier molecular flexibility index (Phi) is 7.43. The number of hydrogen-bond donors (Lipinski definition) is 2. The van der Waals surface area contributed by atoms with Gasteiger partial charge in [0.15, 0.2) is 6.10 Å². The van der Waals surface area contributed by atoms with Gasteiger partial charge < -0.3 is 10.1 Å². The molecule has 6 nitrogen and oxygen atoms in total. The molecule has 0 unspecified atom stereocenters. The molecule has 0 radical (unpaired) electrons. The number of benzene rings is 3. The van der Waals surface area contributed by atoms with Crippen LogP contribution in [0.4, 0.5) is 11.4 Å². The van der Waals surface area contributed by atoms with E-state index in [1.807, 2.05) is 58.9 Å². The number of amides is 1. The molecule has 3 aromatic carbocycles. The van der Waals surface area contributed by atoms with Crippen LogP contribution in [0, 0.1) is 27.7 Å². The Bertz CT molecular complexity index is 1250. The van der Waals surface area contributed by atoms with Gasteiger partial charge in [-0.25, -0.2) is 8.42 Å². The van der Waals surface area contributed by atoms with Gasteiger partial charge in [-0.3, -0.25) is 9.52 Å². The van der Waals surface area contributed by atoms with Crippen molar-refractivity contribution in [2.45, 2.75) is 52.0 Å².